The van der Waals surface area contributed by atoms with E-state index in [1.165, 1.54) is 12.8 Å². The van der Waals surface area contributed by atoms with E-state index in [0.29, 0.717) is 0 Å². The molecule has 2 unspecified atom stereocenters. The Labute approximate surface area is 86.6 Å². The van der Waals surface area contributed by atoms with Crippen molar-refractivity contribution in [1.29, 1.82) is 0 Å². The van der Waals surface area contributed by atoms with Gasteiger partial charge in [0.15, 0.2) is 0 Å². The van der Waals surface area contributed by atoms with Crippen molar-refractivity contribution in [3.8, 4) is 0 Å². The highest BCUT2D eigenvalue weighted by Gasteiger charge is 2.26. The van der Waals surface area contributed by atoms with Gasteiger partial charge >= 0.3 is 0 Å². The third-order valence-corrected chi connectivity index (χ3v) is 3.17. The summed E-state index contributed by atoms with van der Waals surface area (Å²) in [5.74, 6) is 0.181. The van der Waals surface area contributed by atoms with E-state index < -0.39 is 0 Å². The molecule has 0 saturated carbocycles. The zero-order valence-corrected chi connectivity index (χ0v) is 9.33. The summed E-state index contributed by atoms with van der Waals surface area (Å²) in [6.07, 6.45) is 5.61. The molecule has 0 aromatic heterocycles. The Morgan fingerprint density at radius 1 is 1.50 bits per heavy atom. The van der Waals surface area contributed by atoms with Crippen LogP contribution in [0.4, 0.5) is 0 Å². The number of likely N-dealkylation sites (tertiary alicyclic amines) is 1. The predicted octanol–water partition coefficient (Wildman–Crippen LogP) is 1.51. The van der Waals surface area contributed by atoms with Crippen LogP contribution in [0.15, 0.2) is 0 Å². The quantitative estimate of drug-likeness (QED) is 0.731. The van der Waals surface area contributed by atoms with Crippen molar-refractivity contribution < 1.29 is 4.79 Å². The fraction of sp³-hybridized carbons (Fsp3) is 0.909. The van der Waals surface area contributed by atoms with Gasteiger partial charge in [0.05, 0.1) is 0 Å². The molecule has 3 heteroatoms. The number of carbonyl (C=O) groups excluding carboxylic acids is 1. The average Bonchev–Trinajstić information content (AvgIpc) is 2.41. The second-order valence-corrected chi connectivity index (χ2v) is 4.20. The van der Waals surface area contributed by atoms with E-state index >= 15 is 0 Å². The number of nitrogens with zero attached hydrogens (tertiary/aromatic N) is 1. The molecule has 0 radical (unpaired) electrons. The van der Waals surface area contributed by atoms with Crippen LogP contribution >= 0.6 is 0 Å². The Hall–Kier alpha value is -0.570. The first-order valence-corrected chi connectivity index (χ1v) is 5.69. The molecule has 14 heavy (non-hydrogen) atoms. The lowest BCUT2D eigenvalue weighted by Crippen LogP contribution is -2.49. The summed E-state index contributed by atoms with van der Waals surface area (Å²) in [6, 6.07) is 0.428. The number of carbonyl (C=O) groups is 1. The average molecular weight is 198 g/mol. The van der Waals surface area contributed by atoms with E-state index in [1.807, 2.05) is 4.90 Å². The van der Waals surface area contributed by atoms with Gasteiger partial charge in [0, 0.05) is 25.6 Å². The standard InChI is InChI=1S/C11H22N2O/c1-3-10(12)11-7-5-4-6-8-13(11)9(2)14/h10-11H,3-8,12H2,1-2H3. The number of nitrogens with two attached hydrogens (primary N) is 1. The van der Waals surface area contributed by atoms with Crippen LogP contribution in [-0.4, -0.2) is 29.4 Å². The fourth-order valence-corrected chi connectivity index (χ4v) is 2.24. The number of hydrogen-bond acceptors (Lipinski definition) is 2. The first kappa shape index (κ1) is 11.5. The molecule has 1 amide bonds. The molecule has 0 spiro atoms. The van der Waals surface area contributed by atoms with Gasteiger partial charge in [0.1, 0.15) is 0 Å². The highest BCUT2D eigenvalue weighted by atomic mass is 16.2. The Bertz CT molecular complexity index is 194. The molecule has 3 nitrogen and oxygen atoms in total. The SMILES string of the molecule is CCC(N)C1CCCCCN1C(C)=O. The van der Waals surface area contributed by atoms with Crippen molar-refractivity contribution in [2.75, 3.05) is 6.54 Å². The summed E-state index contributed by atoms with van der Waals surface area (Å²) in [4.78, 5) is 13.4. The molecule has 2 atom stereocenters. The maximum absolute atomic E-state index is 11.5. The van der Waals surface area contributed by atoms with E-state index in [0.717, 1.165) is 25.8 Å². The molecule has 1 saturated heterocycles. The van der Waals surface area contributed by atoms with Gasteiger partial charge in [0.2, 0.25) is 5.91 Å². The summed E-state index contributed by atoms with van der Waals surface area (Å²) >= 11 is 0. The topological polar surface area (TPSA) is 46.3 Å². The molecule has 1 aliphatic rings. The number of rotatable bonds is 2. The fourth-order valence-electron chi connectivity index (χ4n) is 2.24. The van der Waals surface area contributed by atoms with E-state index in [-0.39, 0.29) is 18.0 Å². The Balaban J connectivity index is 2.68. The van der Waals surface area contributed by atoms with Gasteiger partial charge in [-0.25, -0.2) is 0 Å². The lowest BCUT2D eigenvalue weighted by Gasteiger charge is -2.33. The van der Waals surface area contributed by atoms with Gasteiger partial charge in [-0.3, -0.25) is 4.79 Å². The third kappa shape index (κ3) is 2.71. The lowest BCUT2D eigenvalue weighted by atomic mass is 10.0. The molecular weight excluding hydrogens is 176 g/mol. The van der Waals surface area contributed by atoms with Crippen molar-refractivity contribution in [1.82, 2.24) is 4.90 Å². The van der Waals surface area contributed by atoms with E-state index in [9.17, 15) is 4.79 Å². The number of amides is 1. The van der Waals surface area contributed by atoms with Crippen LogP contribution in [0.5, 0.6) is 0 Å². The van der Waals surface area contributed by atoms with Crippen molar-refractivity contribution in [2.45, 2.75) is 58.0 Å². The van der Waals surface area contributed by atoms with Gasteiger partial charge in [-0.15, -0.1) is 0 Å². The molecule has 0 aliphatic carbocycles. The van der Waals surface area contributed by atoms with Crippen LogP contribution in [0.3, 0.4) is 0 Å². The van der Waals surface area contributed by atoms with Crippen LogP contribution in [-0.2, 0) is 4.79 Å². The Morgan fingerprint density at radius 3 is 2.79 bits per heavy atom. The maximum Gasteiger partial charge on any atom is 0.219 e. The molecule has 1 heterocycles. The normalized spacial score (nSPS) is 25.6. The smallest absolute Gasteiger partial charge is 0.219 e. The van der Waals surface area contributed by atoms with Gasteiger partial charge in [-0.2, -0.15) is 0 Å². The van der Waals surface area contributed by atoms with Gasteiger partial charge in [-0.1, -0.05) is 19.8 Å². The third-order valence-electron chi connectivity index (χ3n) is 3.17. The summed E-state index contributed by atoms with van der Waals surface area (Å²) < 4.78 is 0. The summed E-state index contributed by atoms with van der Waals surface area (Å²) in [7, 11) is 0. The van der Waals surface area contributed by atoms with Crippen LogP contribution in [0, 0.1) is 0 Å². The Morgan fingerprint density at radius 2 is 2.21 bits per heavy atom. The zero-order valence-electron chi connectivity index (χ0n) is 9.33. The molecule has 0 aromatic carbocycles. The predicted molar refractivity (Wildman–Crippen MR) is 57.9 cm³/mol. The zero-order chi connectivity index (χ0) is 10.6. The van der Waals surface area contributed by atoms with Gasteiger partial charge in [-0.05, 0) is 19.3 Å². The summed E-state index contributed by atoms with van der Waals surface area (Å²) in [6.45, 7) is 4.64. The molecule has 0 aromatic rings. The minimum absolute atomic E-state index is 0.150. The molecule has 1 fully saturated rings. The first-order valence-electron chi connectivity index (χ1n) is 5.69. The summed E-state index contributed by atoms with van der Waals surface area (Å²) in [5.41, 5.74) is 6.05. The molecule has 0 bridgehead atoms. The van der Waals surface area contributed by atoms with Gasteiger partial charge < -0.3 is 10.6 Å². The molecular formula is C11H22N2O. The highest BCUT2D eigenvalue weighted by molar-refractivity contribution is 5.73. The van der Waals surface area contributed by atoms with Crippen LogP contribution in [0.1, 0.15) is 46.0 Å². The largest absolute Gasteiger partial charge is 0.338 e. The number of hydrogen-bond donors (Lipinski definition) is 1. The van der Waals surface area contributed by atoms with E-state index in [1.54, 1.807) is 6.92 Å². The minimum atomic E-state index is 0.150. The van der Waals surface area contributed by atoms with E-state index in [2.05, 4.69) is 6.92 Å². The van der Waals surface area contributed by atoms with Gasteiger partial charge in [0.25, 0.3) is 0 Å². The maximum atomic E-state index is 11.5. The second-order valence-electron chi connectivity index (χ2n) is 4.20. The minimum Gasteiger partial charge on any atom is -0.338 e. The first-order chi connectivity index (χ1) is 6.66. The van der Waals surface area contributed by atoms with Crippen LogP contribution in [0.25, 0.3) is 0 Å². The molecule has 1 rings (SSSR count). The molecule has 2 N–H and O–H groups in total. The second kappa shape index (κ2) is 5.35. The van der Waals surface area contributed by atoms with E-state index in [4.69, 9.17) is 5.73 Å². The van der Waals surface area contributed by atoms with Crippen molar-refractivity contribution in [2.24, 2.45) is 5.73 Å². The van der Waals surface area contributed by atoms with Crippen molar-refractivity contribution in [3.05, 3.63) is 0 Å². The molecule has 1 aliphatic heterocycles. The monoisotopic (exact) mass is 198 g/mol. The van der Waals surface area contributed by atoms with Crippen LogP contribution < -0.4 is 5.73 Å². The highest BCUT2D eigenvalue weighted by Crippen LogP contribution is 2.19. The molecule has 82 valence electrons. The Kier molecular flexibility index (Phi) is 4.39. The summed E-state index contributed by atoms with van der Waals surface area (Å²) in [5, 5.41) is 0. The van der Waals surface area contributed by atoms with Crippen molar-refractivity contribution in [3.63, 3.8) is 0 Å². The van der Waals surface area contributed by atoms with Crippen LogP contribution in [0.2, 0.25) is 0 Å². The van der Waals surface area contributed by atoms with Crippen molar-refractivity contribution >= 4 is 5.91 Å². The lowest BCUT2D eigenvalue weighted by molar-refractivity contribution is -0.131.